The Morgan fingerprint density at radius 1 is 1.53 bits per heavy atom. The minimum atomic E-state index is -0.478. The van der Waals surface area contributed by atoms with E-state index in [2.05, 4.69) is 6.07 Å². The average molecular weight is 226 g/mol. The number of halogens is 2. The summed E-state index contributed by atoms with van der Waals surface area (Å²) in [7, 11) is 0. The maximum Gasteiger partial charge on any atom is 0.129 e. The van der Waals surface area contributed by atoms with E-state index in [0.29, 0.717) is 23.6 Å². The summed E-state index contributed by atoms with van der Waals surface area (Å²) in [6.45, 7) is 0.495. The van der Waals surface area contributed by atoms with E-state index in [1.807, 2.05) is 0 Å². The van der Waals surface area contributed by atoms with Crippen molar-refractivity contribution in [1.82, 2.24) is 0 Å². The Balaban J connectivity index is 2.36. The highest BCUT2D eigenvalue weighted by Crippen LogP contribution is 2.36. The quantitative estimate of drug-likeness (QED) is 0.736. The van der Waals surface area contributed by atoms with Crippen molar-refractivity contribution in [3.05, 3.63) is 34.6 Å². The minimum absolute atomic E-state index is 0.280. The van der Waals surface area contributed by atoms with Gasteiger partial charge in [0.15, 0.2) is 0 Å². The molecule has 1 fully saturated rings. The van der Waals surface area contributed by atoms with Crippen LogP contribution in [-0.2, 0) is 4.74 Å². The van der Waals surface area contributed by atoms with Crippen LogP contribution in [0.4, 0.5) is 4.39 Å². The third-order valence-electron chi connectivity index (χ3n) is 2.52. The maximum atomic E-state index is 13.5. The fraction of sp³-hybridized carbons (Fsp3) is 0.364. The molecule has 2 nitrogen and oxygen atoms in total. The van der Waals surface area contributed by atoms with E-state index in [-0.39, 0.29) is 11.7 Å². The minimum Gasteiger partial charge on any atom is -0.372 e. The molecule has 0 aromatic heterocycles. The third-order valence-corrected chi connectivity index (χ3v) is 2.76. The van der Waals surface area contributed by atoms with Crippen LogP contribution in [0.3, 0.4) is 0 Å². The SMILES string of the molecule is N#CC1CCOC1c1cc(Cl)ccc1F. The van der Waals surface area contributed by atoms with Crippen molar-refractivity contribution in [2.45, 2.75) is 12.5 Å². The third kappa shape index (κ3) is 1.97. The Labute approximate surface area is 92.2 Å². The largest absolute Gasteiger partial charge is 0.372 e. The molecule has 1 aromatic carbocycles. The van der Waals surface area contributed by atoms with E-state index in [1.165, 1.54) is 18.2 Å². The van der Waals surface area contributed by atoms with Gasteiger partial charge in [-0.2, -0.15) is 5.26 Å². The Bertz CT molecular complexity index is 416. The molecule has 0 aliphatic carbocycles. The van der Waals surface area contributed by atoms with E-state index < -0.39 is 6.10 Å². The van der Waals surface area contributed by atoms with Crippen LogP contribution in [0.15, 0.2) is 18.2 Å². The zero-order valence-corrected chi connectivity index (χ0v) is 8.67. The zero-order chi connectivity index (χ0) is 10.8. The fourth-order valence-electron chi connectivity index (χ4n) is 1.76. The van der Waals surface area contributed by atoms with E-state index in [9.17, 15) is 4.39 Å². The van der Waals surface area contributed by atoms with Crippen molar-refractivity contribution in [1.29, 1.82) is 5.26 Å². The Kier molecular flexibility index (Phi) is 2.90. The first kappa shape index (κ1) is 10.4. The van der Waals surface area contributed by atoms with E-state index in [1.54, 1.807) is 0 Å². The monoisotopic (exact) mass is 225 g/mol. The highest BCUT2D eigenvalue weighted by Gasteiger charge is 2.31. The summed E-state index contributed by atoms with van der Waals surface area (Å²) in [6, 6.07) is 6.43. The first-order chi connectivity index (χ1) is 7.22. The summed E-state index contributed by atoms with van der Waals surface area (Å²) in [6.07, 6.45) is 0.168. The van der Waals surface area contributed by atoms with E-state index in [0.717, 1.165) is 0 Å². The van der Waals surface area contributed by atoms with Crippen LogP contribution in [0.25, 0.3) is 0 Å². The number of benzene rings is 1. The van der Waals surface area contributed by atoms with Crippen LogP contribution in [0, 0.1) is 23.1 Å². The topological polar surface area (TPSA) is 33.0 Å². The first-order valence-electron chi connectivity index (χ1n) is 4.68. The number of hydrogen-bond donors (Lipinski definition) is 0. The van der Waals surface area contributed by atoms with Crippen molar-refractivity contribution < 1.29 is 9.13 Å². The lowest BCUT2D eigenvalue weighted by Gasteiger charge is -2.14. The number of rotatable bonds is 1. The van der Waals surface area contributed by atoms with Crippen molar-refractivity contribution in [3.63, 3.8) is 0 Å². The first-order valence-corrected chi connectivity index (χ1v) is 5.06. The molecule has 78 valence electrons. The smallest absolute Gasteiger partial charge is 0.129 e. The van der Waals surface area contributed by atoms with Crippen LogP contribution < -0.4 is 0 Å². The molecule has 1 saturated heterocycles. The molecule has 2 rings (SSSR count). The molecule has 0 N–H and O–H groups in total. The molecule has 1 aromatic rings. The summed E-state index contributed by atoms with van der Waals surface area (Å²) in [5.74, 6) is -0.649. The van der Waals surface area contributed by atoms with Gasteiger partial charge < -0.3 is 4.74 Å². The van der Waals surface area contributed by atoms with Crippen molar-refractivity contribution in [2.75, 3.05) is 6.61 Å². The molecular formula is C11H9ClFNO. The van der Waals surface area contributed by atoms with Crippen LogP contribution >= 0.6 is 11.6 Å². The lowest BCUT2D eigenvalue weighted by Crippen LogP contribution is -2.07. The predicted molar refractivity (Wildman–Crippen MR) is 53.8 cm³/mol. The lowest BCUT2D eigenvalue weighted by molar-refractivity contribution is 0.0977. The molecule has 1 heterocycles. The molecule has 2 atom stereocenters. The Morgan fingerprint density at radius 3 is 3.07 bits per heavy atom. The van der Waals surface area contributed by atoms with Gasteiger partial charge in [-0.15, -0.1) is 0 Å². The second kappa shape index (κ2) is 4.18. The molecule has 1 aliphatic rings. The standard InChI is InChI=1S/C11H9ClFNO/c12-8-1-2-10(13)9(5-8)11-7(6-14)3-4-15-11/h1-2,5,7,11H,3-4H2. The maximum absolute atomic E-state index is 13.5. The fourth-order valence-corrected chi connectivity index (χ4v) is 1.94. The van der Waals surface area contributed by atoms with Crippen LogP contribution in [0.5, 0.6) is 0 Å². The van der Waals surface area contributed by atoms with E-state index in [4.69, 9.17) is 21.6 Å². The average Bonchev–Trinajstić information content (AvgIpc) is 2.69. The molecule has 0 bridgehead atoms. The highest BCUT2D eigenvalue weighted by atomic mass is 35.5. The number of ether oxygens (including phenoxy) is 1. The molecule has 15 heavy (non-hydrogen) atoms. The molecule has 0 spiro atoms. The van der Waals surface area contributed by atoms with Crippen LogP contribution in [0.1, 0.15) is 18.1 Å². The van der Waals surface area contributed by atoms with Gasteiger partial charge in [-0.3, -0.25) is 0 Å². The lowest BCUT2D eigenvalue weighted by atomic mass is 9.96. The van der Waals surface area contributed by atoms with Gasteiger partial charge in [0.1, 0.15) is 11.9 Å². The van der Waals surface area contributed by atoms with Gasteiger partial charge in [-0.25, -0.2) is 4.39 Å². The van der Waals surface area contributed by atoms with Gasteiger partial charge in [0.2, 0.25) is 0 Å². The second-order valence-electron chi connectivity index (χ2n) is 3.48. The van der Waals surface area contributed by atoms with Crippen molar-refractivity contribution in [2.24, 2.45) is 5.92 Å². The van der Waals surface area contributed by atoms with Crippen LogP contribution in [-0.4, -0.2) is 6.61 Å². The Hall–Kier alpha value is -1.11. The van der Waals surface area contributed by atoms with Gasteiger partial charge in [-0.1, -0.05) is 11.6 Å². The molecule has 1 aliphatic heterocycles. The summed E-state index contributed by atoms with van der Waals surface area (Å²) >= 11 is 5.78. The van der Waals surface area contributed by atoms with Gasteiger partial charge in [0.05, 0.1) is 12.0 Å². The molecule has 2 unspecified atom stereocenters. The van der Waals surface area contributed by atoms with Gasteiger partial charge in [-0.05, 0) is 24.6 Å². The number of hydrogen-bond acceptors (Lipinski definition) is 2. The highest BCUT2D eigenvalue weighted by molar-refractivity contribution is 6.30. The van der Waals surface area contributed by atoms with E-state index >= 15 is 0 Å². The van der Waals surface area contributed by atoms with Crippen LogP contribution in [0.2, 0.25) is 5.02 Å². The summed E-state index contributed by atoms with van der Waals surface area (Å²) in [4.78, 5) is 0. The normalized spacial score (nSPS) is 25.1. The Morgan fingerprint density at radius 2 is 2.33 bits per heavy atom. The summed E-state index contributed by atoms with van der Waals surface area (Å²) in [5.41, 5.74) is 0.381. The molecular weight excluding hydrogens is 217 g/mol. The van der Waals surface area contributed by atoms with Gasteiger partial charge in [0.25, 0.3) is 0 Å². The predicted octanol–water partition coefficient (Wildman–Crippen LogP) is 3.08. The van der Waals surface area contributed by atoms with Gasteiger partial charge in [0, 0.05) is 17.2 Å². The molecule has 0 amide bonds. The number of nitrogens with zero attached hydrogens (tertiary/aromatic N) is 1. The molecule has 0 saturated carbocycles. The molecule has 0 radical (unpaired) electrons. The second-order valence-corrected chi connectivity index (χ2v) is 3.92. The van der Waals surface area contributed by atoms with Crippen molar-refractivity contribution in [3.8, 4) is 6.07 Å². The summed E-state index contributed by atoms with van der Waals surface area (Å²) < 4.78 is 18.8. The summed E-state index contributed by atoms with van der Waals surface area (Å²) in [5, 5.41) is 9.33. The van der Waals surface area contributed by atoms with Crippen molar-refractivity contribution >= 4 is 11.6 Å². The molecule has 4 heteroatoms. The van der Waals surface area contributed by atoms with Gasteiger partial charge >= 0.3 is 0 Å². The number of nitriles is 1. The zero-order valence-electron chi connectivity index (χ0n) is 7.91.